The third kappa shape index (κ3) is 5.18. The summed E-state index contributed by atoms with van der Waals surface area (Å²) in [6, 6.07) is 0. The van der Waals surface area contributed by atoms with Crippen molar-refractivity contribution in [3.05, 3.63) is 12.0 Å². The Hall–Kier alpha value is -1.60. The highest BCUT2D eigenvalue weighted by Gasteiger charge is 2.16. The molecule has 1 aromatic heterocycles. The number of carbonyl (C=O) groups excluding carboxylic acids is 1. The van der Waals surface area contributed by atoms with Crippen LogP contribution >= 0.6 is 0 Å². The molecule has 0 bridgehead atoms. The van der Waals surface area contributed by atoms with Crippen molar-refractivity contribution < 1.29 is 19.0 Å². The molecule has 20 heavy (non-hydrogen) atoms. The lowest BCUT2D eigenvalue weighted by Gasteiger charge is -2.06. The van der Waals surface area contributed by atoms with E-state index in [1.807, 2.05) is 0 Å². The van der Waals surface area contributed by atoms with E-state index in [1.165, 1.54) is 0 Å². The van der Waals surface area contributed by atoms with Crippen molar-refractivity contribution in [1.29, 1.82) is 0 Å². The Labute approximate surface area is 119 Å². The first-order valence-corrected chi connectivity index (χ1v) is 6.75. The molecule has 0 saturated carbocycles. The van der Waals surface area contributed by atoms with E-state index < -0.39 is 5.97 Å². The molecule has 1 heterocycles. The van der Waals surface area contributed by atoms with Gasteiger partial charge in [0.25, 0.3) is 0 Å². The predicted octanol–water partition coefficient (Wildman–Crippen LogP) is 1.09. The van der Waals surface area contributed by atoms with Gasteiger partial charge in [-0.25, -0.2) is 9.78 Å². The molecule has 114 valence electrons. The van der Waals surface area contributed by atoms with Crippen LogP contribution in [0.15, 0.2) is 6.33 Å². The van der Waals surface area contributed by atoms with E-state index in [1.54, 1.807) is 24.9 Å². The Morgan fingerprint density at radius 2 is 2.15 bits per heavy atom. The van der Waals surface area contributed by atoms with E-state index >= 15 is 0 Å². The number of rotatable bonds is 10. The third-order valence-corrected chi connectivity index (χ3v) is 2.72. The van der Waals surface area contributed by atoms with Gasteiger partial charge in [0.2, 0.25) is 0 Å². The molecule has 0 aliphatic carbocycles. The quantitative estimate of drug-likeness (QED) is 0.511. The Morgan fingerprint density at radius 3 is 2.85 bits per heavy atom. The van der Waals surface area contributed by atoms with E-state index in [-0.39, 0.29) is 5.69 Å². The van der Waals surface area contributed by atoms with Gasteiger partial charge < -0.3 is 24.5 Å². The van der Waals surface area contributed by atoms with E-state index in [0.717, 1.165) is 12.8 Å². The van der Waals surface area contributed by atoms with Crippen LogP contribution in [0.3, 0.4) is 0 Å². The zero-order chi connectivity index (χ0) is 14.8. The molecule has 7 heteroatoms. The normalized spacial score (nSPS) is 10.7. The van der Waals surface area contributed by atoms with Crippen LogP contribution in [-0.4, -0.2) is 49.1 Å². The molecule has 0 aliphatic rings. The maximum absolute atomic E-state index is 11.5. The van der Waals surface area contributed by atoms with Crippen LogP contribution in [0.4, 0.5) is 5.82 Å². The lowest BCUT2D eigenvalue weighted by Crippen LogP contribution is -2.10. The highest BCUT2D eigenvalue weighted by molar-refractivity contribution is 5.92. The van der Waals surface area contributed by atoms with E-state index in [4.69, 9.17) is 19.9 Å². The minimum absolute atomic E-state index is 0.184. The lowest BCUT2D eigenvalue weighted by molar-refractivity contribution is 0.0521. The van der Waals surface area contributed by atoms with E-state index in [9.17, 15) is 4.79 Å². The van der Waals surface area contributed by atoms with Gasteiger partial charge in [-0.3, -0.25) is 0 Å². The Bertz CT molecular complexity index is 406. The number of hydrogen-bond acceptors (Lipinski definition) is 6. The number of methoxy groups -OCH3 is 1. The predicted molar refractivity (Wildman–Crippen MR) is 74.5 cm³/mol. The van der Waals surface area contributed by atoms with Gasteiger partial charge in [0.15, 0.2) is 5.69 Å². The van der Waals surface area contributed by atoms with Crippen LogP contribution in [-0.2, 0) is 20.8 Å². The number of nitrogens with zero attached hydrogens (tertiary/aromatic N) is 2. The summed E-state index contributed by atoms with van der Waals surface area (Å²) in [5.41, 5.74) is 6.05. The van der Waals surface area contributed by atoms with Gasteiger partial charge in [0.1, 0.15) is 5.82 Å². The van der Waals surface area contributed by atoms with Gasteiger partial charge in [0, 0.05) is 20.3 Å². The average Bonchev–Trinajstić information content (AvgIpc) is 2.79. The monoisotopic (exact) mass is 285 g/mol. The van der Waals surface area contributed by atoms with Crippen LogP contribution in [0.25, 0.3) is 0 Å². The second-order valence-electron chi connectivity index (χ2n) is 4.20. The summed E-state index contributed by atoms with van der Waals surface area (Å²) < 4.78 is 16.9. The van der Waals surface area contributed by atoms with Gasteiger partial charge in [-0.15, -0.1) is 0 Å². The molecule has 0 fully saturated rings. The minimum Gasteiger partial charge on any atom is -0.461 e. The fraction of sp³-hybridized carbons (Fsp3) is 0.692. The fourth-order valence-electron chi connectivity index (χ4n) is 1.66. The zero-order valence-corrected chi connectivity index (χ0v) is 12.1. The second kappa shape index (κ2) is 9.33. The van der Waals surface area contributed by atoms with E-state index in [2.05, 4.69) is 4.98 Å². The molecule has 0 aliphatic heterocycles. The molecule has 1 aromatic rings. The zero-order valence-electron chi connectivity index (χ0n) is 12.1. The topological polar surface area (TPSA) is 88.6 Å². The number of ether oxygens (including phenoxy) is 3. The molecular formula is C13H23N3O4. The molecule has 0 atom stereocenters. The highest BCUT2D eigenvalue weighted by Crippen LogP contribution is 2.12. The fourth-order valence-corrected chi connectivity index (χ4v) is 1.66. The molecule has 0 spiro atoms. The molecule has 0 aromatic carbocycles. The molecule has 0 saturated heterocycles. The number of aromatic nitrogens is 2. The van der Waals surface area contributed by atoms with Crippen LogP contribution < -0.4 is 5.73 Å². The third-order valence-electron chi connectivity index (χ3n) is 2.72. The van der Waals surface area contributed by atoms with Crippen LogP contribution in [0.1, 0.15) is 30.3 Å². The SMILES string of the molecule is CCOC(=O)c1ncn(CCCCOCCOC)c1N. The number of imidazole rings is 1. The average molecular weight is 285 g/mol. The second-order valence-corrected chi connectivity index (χ2v) is 4.20. The van der Waals surface area contributed by atoms with Gasteiger partial charge in [0.05, 0.1) is 26.1 Å². The smallest absolute Gasteiger partial charge is 0.360 e. The number of carbonyl (C=O) groups is 1. The summed E-state index contributed by atoms with van der Waals surface area (Å²) in [5.74, 6) is -0.129. The van der Waals surface area contributed by atoms with Gasteiger partial charge in [-0.1, -0.05) is 0 Å². The summed E-state index contributed by atoms with van der Waals surface area (Å²) in [6.07, 6.45) is 3.37. The molecule has 7 nitrogen and oxygen atoms in total. The van der Waals surface area contributed by atoms with Crippen molar-refractivity contribution in [1.82, 2.24) is 9.55 Å². The number of unbranched alkanes of at least 4 members (excludes halogenated alkanes) is 1. The van der Waals surface area contributed by atoms with E-state index in [0.29, 0.717) is 38.8 Å². The highest BCUT2D eigenvalue weighted by atomic mass is 16.5. The Balaban J connectivity index is 2.29. The first-order chi connectivity index (χ1) is 9.70. The number of hydrogen-bond donors (Lipinski definition) is 1. The Morgan fingerprint density at radius 1 is 1.35 bits per heavy atom. The number of nitrogens with two attached hydrogens (primary N) is 1. The summed E-state index contributed by atoms with van der Waals surface area (Å²) in [7, 11) is 1.65. The van der Waals surface area contributed by atoms with Gasteiger partial charge in [-0.05, 0) is 19.8 Å². The van der Waals surface area contributed by atoms with Gasteiger partial charge in [-0.2, -0.15) is 0 Å². The lowest BCUT2D eigenvalue weighted by atomic mass is 10.3. The van der Waals surface area contributed by atoms with Crippen molar-refractivity contribution in [3.63, 3.8) is 0 Å². The first-order valence-electron chi connectivity index (χ1n) is 6.75. The summed E-state index contributed by atoms with van der Waals surface area (Å²) in [6.45, 7) is 4.65. The minimum atomic E-state index is -0.480. The molecular weight excluding hydrogens is 262 g/mol. The maximum Gasteiger partial charge on any atom is 0.360 e. The molecule has 1 rings (SSSR count). The van der Waals surface area contributed by atoms with Gasteiger partial charge >= 0.3 is 5.97 Å². The van der Waals surface area contributed by atoms with Crippen molar-refractivity contribution in [2.24, 2.45) is 0 Å². The summed E-state index contributed by atoms with van der Waals surface area (Å²) in [4.78, 5) is 15.5. The molecule has 0 unspecified atom stereocenters. The van der Waals surface area contributed by atoms with Crippen molar-refractivity contribution in [2.75, 3.05) is 39.3 Å². The Kier molecular flexibility index (Phi) is 7.67. The molecule has 0 amide bonds. The number of aryl methyl sites for hydroxylation is 1. The van der Waals surface area contributed by atoms with Crippen LogP contribution in [0.2, 0.25) is 0 Å². The number of esters is 1. The van der Waals surface area contributed by atoms with Crippen molar-refractivity contribution >= 4 is 11.8 Å². The summed E-state index contributed by atoms with van der Waals surface area (Å²) >= 11 is 0. The number of anilines is 1. The first kappa shape index (κ1) is 16.5. The van der Waals surface area contributed by atoms with Crippen molar-refractivity contribution in [3.8, 4) is 0 Å². The summed E-state index contributed by atoms with van der Waals surface area (Å²) in [5, 5.41) is 0. The number of nitrogen functional groups attached to an aromatic ring is 1. The molecule has 2 N–H and O–H groups in total. The van der Waals surface area contributed by atoms with Crippen molar-refractivity contribution in [2.45, 2.75) is 26.3 Å². The maximum atomic E-state index is 11.5. The van der Waals surface area contributed by atoms with Crippen LogP contribution in [0, 0.1) is 0 Å². The largest absolute Gasteiger partial charge is 0.461 e. The van der Waals surface area contributed by atoms with Crippen LogP contribution in [0.5, 0.6) is 0 Å². The molecule has 0 radical (unpaired) electrons. The standard InChI is InChI=1S/C13H23N3O4/c1-3-20-13(17)11-12(14)16(10-15-11)6-4-5-7-19-9-8-18-2/h10H,3-9,14H2,1-2H3.